The largest absolute Gasteiger partial charge is 0.497 e. The fourth-order valence-electron chi connectivity index (χ4n) is 6.30. The van der Waals surface area contributed by atoms with E-state index in [1.807, 2.05) is 69.3 Å². The van der Waals surface area contributed by atoms with Crippen LogP contribution in [0.5, 0.6) is 5.75 Å². The Morgan fingerprint density at radius 3 is 2.35 bits per heavy atom. The lowest BCUT2D eigenvalue weighted by Gasteiger charge is -2.34. The van der Waals surface area contributed by atoms with Gasteiger partial charge in [-0.2, -0.15) is 0 Å². The van der Waals surface area contributed by atoms with E-state index in [4.69, 9.17) is 23.7 Å². The van der Waals surface area contributed by atoms with Crippen LogP contribution in [-0.2, 0) is 36.7 Å². The van der Waals surface area contributed by atoms with E-state index < -0.39 is 47.8 Å². The van der Waals surface area contributed by atoms with Crippen LogP contribution in [0.1, 0.15) is 38.3 Å². The Balaban J connectivity index is 1.37. The number of rotatable bonds is 14. The molecule has 3 amide bonds. The summed E-state index contributed by atoms with van der Waals surface area (Å²) in [7, 11) is 2.80. The number of nitrogens with one attached hydrogen (secondary N) is 3. The second kappa shape index (κ2) is 17.6. The second-order valence-electron chi connectivity index (χ2n) is 14.1. The molecule has 6 atom stereocenters. The van der Waals surface area contributed by atoms with Gasteiger partial charge in [0.15, 0.2) is 6.29 Å². The number of pyridine rings is 1. The first-order chi connectivity index (χ1) is 24.9. The van der Waals surface area contributed by atoms with Crippen molar-refractivity contribution in [1.29, 1.82) is 0 Å². The van der Waals surface area contributed by atoms with Crippen LogP contribution >= 0.6 is 0 Å². The topological polar surface area (TPSA) is 170 Å². The number of carbonyl (C=O) groups excluding carboxylic acids is 3. The van der Waals surface area contributed by atoms with E-state index in [2.05, 4.69) is 21.0 Å². The summed E-state index contributed by atoms with van der Waals surface area (Å²) in [5, 5.41) is 18.9. The standard InChI is InChI=1S/C38H49N5O9/c1-38(2,3)33(41-36(46)49-5)34(45)42-43(21-25-8-12-26(13-9-25)27-7-6-17-39-20-27)22-31(44)30(19-24-10-14-28(48-4)15-11-24)40-37(47)52-32-23-51-35-29(32)16-18-50-35/h6-15,17,20,29-33,35,44H,16,18-19,21-23H2,1-5H3,(H,40,47)(H,41,46)(H,42,45)/t29-,30-,31-,32-,33?,35+/m0/s1. The molecule has 2 aliphatic heterocycles. The van der Waals surface area contributed by atoms with Crippen LogP contribution in [-0.4, -0.2) is 97.8 Å². The van der Waals surface area contributed by atoms with Gasteiger partial charge in [-0.15, -0.1) is 0 Å². The van der Waals surface area contributed by atoms with Gasteiger partial charge < -0.3 is 39.4 Å². The average molecular weight is 720 g/mol. The van der Waals surface area contributed by atoms with Crippen molar-refractivity contribution < 1.29 is 43.2 Å². The zero-order valence-electron chi connectivity index (χ0n) is 30.2. The number of methoxy groups -OCH3 is 2. The molecule has 2 fully saturated rings. The van der Waals surface area contributed by atoms with Crippen molar-refractivity contribution >= 4 is 18.1 Å². The molecule has 0 bridgehead atoms. The number of ether oxygens (including phenoxy) is 5. The van der Waals surface area contributed by atoms with Crippen LogP contribution in [0.4, 0.5) is 9.59 Å². The molecule has 2 saturated heterocycles. The van der Waals surface area contributed by atoms with Crippen LogP contribution < -0.4 is 20.8 Å². The Morgan fingerprint density at radius 1 is 0.962 bits per heavy atom. The highest BCUT2D eigenvalue weighted by Gasteiger charge is 2.44. The highest BCUT2D eigenvalue weighted by atomic mass is 16.7. The molecule has 14 nitrogen and oxygen atoms in total. The third-order valence-electron chi connectivity index (χ3n) is 9.20. The Kier molecular flexibility index (Phi) is 13.1. The molecule has 52 heavy (non-hydrogen) atoms. The van der Waals surface area contributed by atoms with E-state index in [1.54, 1.807) is 36.6 Å². The highest BCUT2D eigenvalue weighted by Crippen LogP contribution is 2.33. The Labute approximate surface area is 304 Å². The van der Waals surface area contributed by atoms with Crippen molar-refractivity contribution in [2.75, 3.05) is 34.0 Å². The van der Waals surface area contributed by atoms with Crippen LogP contribution in [0.3, 0.4) is 0 Å². The number of hydrazine groups is 1. The molecule has 0 saturated carbocycles. The molecule has 2 aromatic carbocycles. The molecular formula is C38H49N5O9. The summed E-state index contributed by atoms with van der Waals surface area (Å²) in [6, 6.07) is 17.1. The van der Waals surface area contributed by atoms with Crippen molar-refractivity contribution in [3.05, 3.63) is 84.2 Å². The molecule has 3 heterocycles. The number of aromatic nitrogens is 1. The number of hydrogen-bond acceptors (Lipinski definition) is 11. The lowest BCUT2D eigenvalue weighted by atomic mass is 9.86. The smallest absolute Gasteiger partial charge is 0.407 e. The summed E-state index contributed by atoms with van der Waals surface area (Å²) in [5.41, 5.74) is 5.81. The lowest BCUT2D eigenvalue weighted by molar-refractivity contribution is -0.131. The summed E-state index contributed by atoms with van der Waals surface area (Å²) in [6.07, 6.45) is 0.934. The Hall–Kier alpha value is -4.76. The van der Waals surface area contributed by atoms with Crippen LogP contribution in [0.25, 0.3) is 11.1 Å². The van der Waals surface area contributed by atoms with Gasteiger partial charge in [0.05, 0.1) is 45.5 Å². The van der Waals surface area contributed by atoms with Gasteiger partial charge >= 0.3 is 12.2 Å². The third kappa shape index (κ3) is 10.4. The monoisotopic (exact) mass is 719 g/mol. The molecule has 5 rings (SSSR count). The number of carbonyl (C=O) groups is 3. The highest BCUT2D eigenvalue weighted by molar-refractivity contribution is 5.86. The first kappa shape index (κ1) is 38.5. The van der Waals surface area contributed by atoms with Crippen LogP contribution in [0.15, 0.2) is 73.1 Å². The van der Waals surface area contributed by atoms with Crippen molar-refractivity contribution in [2.24, 2.45) is 11.3 Å². The molecule has 0 radical (unpaired) electrons. The van der Waals surface area contributed by atoms with Gasteiger partial charge in [0.25, 0.3) is 5.91 Å². The Morgan fingerprint density at radius 2 is 1.69 bits per heavy atom. The van der Waals surface area contributed by atoms with Crippen LogP contribution in [0.2, 0.25) is 0 Å². The molecular weight excluding hydrogens is 670 g/mol. The number of benzene rings is 2. The van der Waals surface area contributed by atoms with Crippen molar-refractivity contribution in [1.82, 2.24) is 26.1 Å². The first-order valence-corrected chi connectivity index (χ1v) is 17.3. The number of aliphatic hydroxyl groups excluding tert-OH is 1. The average Bonchev–Trinajstić information content (AvgIpc) is 3.76. The minimum Gasteiger partial charge on any atom is -0.497 e. The first-order valence-electron chi connectivity index (χ1n) is 17.3. The number of aliphatic hydroxyl groups is 1. The maximum Gasteiger partial charge on any atom is 0.407 e. The van der Waals surface area contributed by atoms with Gasteiger partial charge in [-0.1, -0.05) is 63.2 Å². The zero-order chi connectivity index (χ0) is 37.3. The molecule has 1 unspecified atom stereocenters. The minimum absolute atomic E-state index is 0.0553. The normalized spacial score (nSPS) is 19.9. The van der Waals surface area contributed by atoms with Crippen molar-refractivity contribution in [3.8, 4) is 16.9 Å². The van der Waals surface area contributed by atoms with Crippen molar-refractivity contribution in [3.63, 3.8) is 0 Å². The van der Waals surface area contributed by atoms with Gasteiger partial charge in [0, 0.05) is 25.5 Å². The summed E-state index contributed by atoms with van der Waals surface area (Å²) in [6.45, 7) is 6.31. The van der Waals surface area contributed by atoms with Gasteiger partial charge in [-0.25, -0.2) is 14.6 Å². The SMILES string of the molecule is COC(=O)NC(C(=O)NN(Cc1ccc(-c2cccnc2)cc1)C[C@H](O)[C@H](Cc1ccc(OC)cc1)NC(=O)O[C@H]1CO[C@H]2OCC[C@H]21)C(C)(C)C. The molecule has 280 valence electrons. The molecule has 3 aromatic rings. The quantitative estimate of drug-likeness (QED) is 0.179. The third-order valence-corrected chi connectivity index (χ3v) is 9.20. The molecule has 0 aliphatic carbocycles. The van der Waals surface area contributed by atoms with E-state index >= 15 is 0 Å². The number of hydrogen-bond donors (Lipinski definition) is 4. The van der Waals surface area contributed by atoms with E-state index in [1.165, 1.54) is 7.11 Å². The summed E-state index contributed by atoms with van der Waals surface area (Å²) >= 11 is 0. The fourth-order valence-corrected chi connectivity index (χ4v) is 6.30. The number of fused-ring (bicyclic) bond motifs is 1. The maximum absolute atomic E-state index is 13.8. The summed E-state index contributed by atoms with van der Waals surface area (Å²) in [4.78, 5) is 43.6. The molecule has 0 spiro atoms. The zero-order valence-corrected chi connectivity index (χ0v) is 30.2. The lowest BCUT2D eigenvalue weighted by Crippen LogP contribution is -2.59. The molecule has 14 heteroatoms. The molecule has 4 N–H and O–H groups in total. The number of nitrogens with zero attached hydrogens (tertiary/aromatic N) is 2. The fraction of sp³-hybridized carbons (Fsp3) is 0.474. The van der Waals surface area contributed by atoms with Gasteiger partial charge in [-0.3, -0.25) is 15.2 Å². The molecule has 2 aliphatic rings. The number of amides is 3. The predicted octanol–water partition coefficient (Wildman–Crippen LogP) is 3.82. The minimum atomic E-state index is -1.20. The van der Waals surface area contributed by atoms with E-state index in [0.717, 1.165) is 28.7 Å². The van der Waals surface area contributed by atoms with Gasteiger partial charge in [0.1, 0.15) is 17.9 Å². The van der Waals surface area contributed by atoms with Crippen LogP contribution in [0, 0.1) is 11.3 Å². The Bertz CT molecular complexity index is 1620. The molecule has 1 aromatic heterocycles. The summed E-state index contributed by atoms with van der Waals surface area (Å²) in [5.74, 6) is 0.103. The summed E-state index contributed by atoms with van der Waals surface area (Å²) < 4.78 is 27.1. The second-order valence-corrected chi connectivity index (χ2v) is 14.1. The maximum atomic E-state index is 13.8. The predicted molar refractivity (Wildman–Crippen MR) is 191 cm³/mol. The van der Waals surface area contributed by atoms with E-state index in [-0.39, 0.29) is 38.3 Å². The number of alkyl carbamates (subject to hydrolysis) is 2. The van der Waals surface area contributed by atoms with Gasteiger partial charge in [-0.05, 0) is 58.7 Å². The van der Waals surface area contributed by atoms with Crippen molar-refractivity contribution in [2.45, 2.75) is 70.7 Å². The van der Waals surface area contributed by atoms with Gasteiger partial charge in [0.2, 0.25) is 0 Å². The van der Waals surface area contributed by atoms with E-state index in [9.17, 15) is 19.5 Å². The van der Waals surface area contributed by atoms with E-state index in [0.29, 0.717) is 12.4 Å².